The number of amides is 1. The van der Waals surface area contributed by atoms with Gasteiger partial charge in [-0.3, -0.25) is 4.79 Å². The van der Waals surface area contributed by atoms with Gasteiger partial charge in [0.25, 0.3) is 5.91 Å². The third-order valence-corrected chi connectivity index (χ3v) is 4.19. The molecule has 0 saturated carbocycles. The Hall–Kier alpha value is -1.18. The molecule has 0 aromatic heterocycles. The summed E-state index contributed by atoms with van der Waals surface area (Å²) in [5.41, 5.74) is -0.395. The summed E-state index contributed by atoms with van der Waals surface area (Å²) in [6.07, 6.45) is 1.67. The zero-order valence-corrected chi connectivity index (χ0v) is 13.4. The van der Waals surface area contributed by atoms with E-state index in [0.29, 0.717) is 12.5 Å². The smallest absolute Gasteiger partial charge is 0.254 e. The van der Waals surface area contributed by atoms with Crippen molar-refractivity contribution in [3.8, 4) is 0 Å². The fourth-order valence-electron chi connectivity index (χ4n) is 1.73. The number of hydrogen-bond donors (Lipinski definition) is 2. The predicted octanol–water partition coefficient (Wildman–Crippen LogP) is 2.29. The summed E-state index contributed by atoms with van der Waals surface area (Å²) in [7, 11) is -4.12. The first-order chi connectivity index (χ1) is 9.62. The maximum Gasteiger partial charge on any atom is 0.254 e. The van der Waals surface area contributed by atoms with E-state index in [1.165, 1.54) is 0 Å². The van der Waals surface area contributed by atoms with Crippen molar-refractivity contribution in [2.45, 2.75) is 31.6 Å². The van der Waals surface area contributed by atoms with Crippen molar-refractivity contribution >= 4 is 27.5 Å². The molecule has 0 unspecified atom stereocenters. The van der Waals surface area contributed by atoms with Crippen LogP contribution in [0, 0.1) is 11.7 Å². The third kappa shape index (κ3) is 5.26. The summed E-state index contributed by atoms with van der Waals surface area (Å²) in [5.74, 6) is -1.09. The second kappa shape index (κ2) is 7.20. The lowest BCUT2D eigenvalue weighted by Gasteiger charge is -2.09. The van der Waals surface area contributed by atoms with Crippen LogP contribution in [0.3, 0.4) is 0 Å². The van der Waals surface area contributed by atoms with Crippen LogP contribution in [0.1, 0.15) is 37.0 Å². The van der Waals surface area contributed by atoms with E-state index >= 15 is 0 Å². The summed E-state index contributed by atoms with van der Waals surface area (Å²) >= 11 is 5.62. The number of sulfonamides is 1. The molecule has 0 fully saturated rings. The van der Waals surface area contributed by atoms with Gasteiger partial charge in [-0.15, -0.1) is 0 Å². The lowest BCUT2D eigenvalue weighted by atomic mass is 10.1. The van der Waals surface area contributed by atoms with E-state index < -0.39 is 32.2 Å². The van der Waals surface area contributed by atoms with Crippen molar-refractivity contribution in [1.82, 2.24) is 5.32 Å². The van der Waals surface area contributed by atoms with Gasteiger partial charge in [0.15, 0.2) is 0 Å². The molecule has 0 bridgehead atoms. The molecule has 21 heavy (non-hydrogen) atoms. The third-order valence-electron chi connectivity index (χ3n) is 2.82. The van der Waals surface area contributed by atoms with Crippen LogP contribution in [-0.2, 0) is 10.0 Å². The highest BCUT2D eigenvalue weighted by molar-refractivity contribution is 7.89. The molecule has 0 aliphatic heterocycles. The molecule has 0 aliphatic rings. The topological polar surface area (TPSA) is 89.3 Å². The number of nitrogens with two attached hydrogens (primary N) is 1. The molecular formula is C13H18ClFN2O3S. The molecular weight excluding hydrogens is 319 g/mol. The summed E-state index contributed by atoms with van der Waals surface area (Å²) in [5, 5.41) is 7.15. The average molecular weight is 337 g/mol. The van der Waals surface area contributed by atoms with Crippen LogP contribution in [0.5, 0.6) is 0 Å². The van der Waals surface area contributed by atoms with Gasteiger partial charge in [-0.25, -0.2) is 17.9 Å². The van der Waals surface area contributed by atoms with E-state index in [1.54, 1.807) is 0 Å². The van der Waals surface area contributed by atoms with Gasteiger partial charge in [-0.2, -0.15) is 0 Å². The molecule has 5 nitrogen and oxygen atoms in total. The van der Waals surface area contributed by atoms with Crippen molar-refractivity contribution in [2.24, 2.45) is 11.1 Å². The quantitative estimate of drug-likeness (QED) is 0.781. The highest BCUT2D eigenvalue weighted by Gasteiger charge is 2.20. The summed E-state index contributed by atoms with van der Waals surface area (Å²) in [4.78, 5) is 11.4. The van der Waals surface area contributed by atoms with Gasteiger partial charge in [0.1, 0.15) is 10.7 Å². The van der Waals surface area contributed by atoms with Crippen LogP contribution in [-0.4, -0.2) is 20.9 Å². The second-order valence-corrected chi connectivity index (χ2v) is 7.04. The van der Waals surface area contributed by atoms with Crippen molar-refractivity contribution in [1.29, 1.82) is 0 Å². The summed E-state index contributed by atoms with van der Waals surface area (Å²) in [6, 6.07) is 1.62. The van der Waals surface area contributed by atoms with Crippen LogP contribution in [0.2, 0.25) is 5.02 Å². The van der Waals surface area contributed by atoms with Crippen molar-refractivity contribution < 1.29 is 17.6 Å². The predicted molar refractivity (Wildman–Crippen MR) is 79.2 cm³/mol. The number of halogens is 2. The maximum atomic E-state index is 13.7. The molecule has 0 atom stereocenters. The van der Waals surface area contributed by atoms with Crippen LogP contribution >= 0.6 is 11.6 Å². The minimum absolute atomic E-state index is 0.355. The first-order valence-corrected chi connectivity index (χ1v) is 8.35. The number of nitrogens with one attached hydrogen (secondary N) is 1. The second-order valence-electron chi connectivity index (χ2n) is 5.10. The standard InChI is InChI=1S/C13H18ClFN2O3S/c1-8(2)4-3-5-17-13(18)9-6-12(21(16,19)20)10(14)7-11(9)15/h6-8H,3-5H2,1-2H3,(H,17,18)(H2,16,19,20). The van der Waals surface area contributed by atoms with Crippen molar-refractivity contribution in [3.05, 3.63) is 28.5 Å². The Balaban J connectivity index is 2.90. The lowest BCUT2D eigenvalue weighted by Crippen LogP contribution is -2.26. The highest BCUT2D eigenvalue weighted by atomic mass is 35.5. The Labute approximate surface area is 128 Å². The molecule has 1 aromatic rings. The molecule has 1 rings (SSSR count). The van der Waals surface area contributed by atoms with Crippen LogP contribution in [0.15, 0.2) is 17.0 Å². The van der Waals surface area contributed by atoms with E-state index in [-0.39, 0.29) is 5.02 Å². The SMILES string of the molecule is CC(C)CCCNC(=O)c1cc(S(N)(=O)=O)c(Cl)cc1F. The number of rotatable bonds is 6. The normalized spacial score (nSPS) is 11.7. The molecule has 1 aromatic carbocycles. The number of benzene rings is 1. The zero-order valence-electron chi connectivity index (χ0n) is 11.8. The monoisotopic (exact) mass is 336 g/mol. The average Bonchev–Trinajstić information content (AvgIpc) is 2.32. The Kier molecular flexibility index (Phi) is 6.12. The molecule has 8 heteroatoms. The van der Waals surface area contributed by atoms with E-state index in [4.69, 9.17) is 16.7 Å². The molecule has 0 spiro atoms. The van der Waals surface area contributed by atoms with Gasteiger partial charge in [0, 0.05) is 6.54 Å². The van der Waals surface area contributed by atoms with Gasteiger partial charge in [0.05, 0.1) is 10.6 Å². The van der Waals surface area contributed by atoms with Crippen molar-refractivity contribution in [2.75, 3.05) is 6.54 Å². The van der Waals surface area contributed by atoms with Gasteiger partial charge < -0.3 is 5.32 Å². The Morgan fingerprint density at radius 3 is 2.57 bits per heavy atom. The zero-order chi connectivity index (χ0) is 16.2. The Morgan fingerprint density at radius 1 is 1.43 bits per heavy atom. The number of carbonyl (C=O) groups excluding carboxylic acids is 1. The van der Waals surface area contributed by atoms with Gasteiger partial charge in [-0.05, 0) is 30.9 Å². The minimum atomic E-state index is -4.12. The van der Waals surface area contributed by atoms with Crippen LogP contribution < -0.4 is 10.5 Å². The van der Waals surface area contributed by atoms with Gasteiger partial charge in [0.2, 0.25) is 10.0 Å². The Morgan fingerprint density at radius 2 is 2.05 bits per heavy atom. The minimum Gasteiger partial charge on any atom is -0.352 e. The number of hydrogen-bond acceptors (Lipinski definition) is 3. The largest absolute Gasteiger partial charge is 0.352 e. The van der Waals surface area contributed by atoms with Crippen LogP contribution in [0.4, 0.5) is 4.39 Å². The summed E-state index contributed by atoms with van der Waals surface area (Å²) < 4.78 is 36.4. The molecule has 0 aliphatic carbocycles. The number of carbonyl (C=O) groups is 1. The highest BCUT2D eigenvalue weighted by Crippen LogP contribution is 2.24. The van der Waals surface area contributed by atoms with E-state index in [2.05, 4.69) is 19.2 Å². The Bertz CT molecular complexity index is 633. The maximum absolute atomic E-state index is 13.7. The molecule has 118 valence electrons. The van der Waals surface area contributed by atoms with Crippen molar-refractivity contribution in [3.63, 3.8) is 0 Å². The molecule has 1 amide bonds. The van der Waals surface area contributed by atoms with E-state index in [9.17, 15) is 17.6 Å². The molecule has 0 heterocycles. The first-order valence-electron chi connectivity index (χ1n) is 6.43. The van der Waals surface area contributed by atoms with Gasteiger partial charge >= 0.3 is 0 Å². The van der Waals surface area contributed by atoms with Gasteiger partial charge in [-0.1, -0.05) is 25.4 Å². The summed E-state index contributed by atoms with van der Waals surface area (Å²) in [6.45, 7) is 4.49. The van der Waals surface area contributed by atoms with E-state index in [0.717, 1.165) is 25.0 Å². The van der Waals surface area contributed by atoms with E-state index in [1.807, 2.05) is 0 Å². The fourth-order valence-corrected chi connectivity index (χ4v) is 2.81. The molecule has 0 radical (unpaired) electrons. The molecule has 0 saturated heterocycles. The molecule has 3 N–H and O–H groups in total. The number of primary sulfonamides is 1. The lowest BCUT2D eigenvalue weighted by molar-refractivity contribution is 0.0948. The fraction of sp³-hybridized carbons (Fsp3) is 0.462. The first kappa shape index (κ1) is 17.9. The van der Waals surface area contributed by atoms with Crippen LogP contribution in [0.25, 0.3) is 0 Å².